The van der Waals surface area contributed by atoms with Crippen LogP contribution in [0.1, 0.15) is 45.4 Å². The first-order chi connectivity index (χ1) is 9.30. The van der Waals surface area contributed by atoms with E-state index in [4.69, 9.17) is 20.1 Å². The Bertz CT molecular complexity index is 246. The van der Waals surface area contributed by atoms with Gasteiger partial charge in [-0.15, -0.1) is 0 Å². The Hall–Kier alpha value is -0.200. The summed E-state index contributed by atoms with van der Waals surface area (Å²) < 4.78 is 17.2. The van der Waals surface area contributed by atoms with Crippen molar-refractivity contribution in [3.63, 3.8) is 0 Å². The summed E-state index contributed by atoms with van der Waals surface area (Å²) in [4.78, 5) is 0. The summed E-state index contributed by atoms with van der Waals surface area (Å²) in [5.41, 5.74) is 2.82. The van der Waals surface area contributed by atoms with Crippen LogP contribution in [0.25, 0.3) is 0 Å². The van der Waals surface area contributed by atoms with Crippen molar-refractivity contribution in [1.29, 1.82) is 0 Å². The molecule has 0 spiro atoms. The summed E-state index contributed by atoms with van der Waals surface area (Å²) in [6.07, 6.45) is 6.68. The zero-order chi connectivity index (χ0) is 13.6. The first-order valence-electron chi connectivity index (χ1n) is 7.60. The molecule has 2 heterocycles. The third-order valence-corrected chi connectivity index (χ3v) is 4.41. The molecule has 3 N–H and O–H groups in total. The van der Waals surface area contributed by atoms with Gasteiger partial charge in [-0.05, 0) is 32.6 Å². The van der Waals surface area contributed by atoms with Gasteiger partial charge in [0.25, 0.3) is 0 Å². The van der Waals surface area contributed by atoms with E-state index in [1.807, 2.05) is 6.92 Å². The SMILES string of the molecule is CCOC1(C(CCC2CCCO2)NN)CCOCC1. The van der Waals surface area contributed by atoms with E-state index in [1.54, 1.807) is 0 Å². The molecular weight excluding hydrogens is 244 g/mol. The molecule has 2 atom stereocenters. The Morgan fingerprint density at radius 2 is 2.16 bits per heavy atom. The van der Waals surface area contributed by atoms with Gasteiger partial charge in [-0.2, -0.15) is 0 Å². The van der Waals surface area contributed by atoms with Crippen LogP contribution in [0, 0.1) is 0 Å². The lowest BCUT2D eigenvalue weighted by molar-refractivity contribution is -0.129. The van der Waals surface area contributed by atoms with Crippen LogP contribution in [-0.2, 0) is 14.2 Å². The average molecular weight is 272 g/mol. The van der Waals surface area contributed by atoms with Crippen LogP contribution in [0.3, 0.4) is 0 Å². The smallest absolute Gasteiger partial charge is 0.0891 e. The van der Waals surface area contributed by atoms with E-state index in [0.29, 0.717) is 6.10 Å². The highest BCUT2D eigenvalue weighted by Gasteiger charge is 2.40. The molecule has 0 bridgehead atoms. The van der Waals surface area contributed by atoms with Crippen molar-refractivity contribution in [3.05, 3.63) is 0 Å². The molecule has 0 aliphatic carbocycles. The van der Waals surface area contributed by atoms with Gasteiger partial charge in [0, 0.05) is 39.3 Å². The Morgan fingerprint density at radius 3 is 2.74 bits per heavy atom. The molecular formula is C14H28N2O3. The van der Waals surface area contributed by atoms with Gasteiger partial charge < -0.3 is 14.2 Å². The van der Waals surface area contributed by atoms with Crippen LogP contribution < -0.4 is 11.3 Å². The zero-order valence-corrected chi connectivity index (χ0v) is 12.0. The lowest BCUT2D eigenvalue weighted by Gasteiger charge is -2.43. The molecule has 2 unspecified atom stereocenters. The van der Waals surface area contributed by atoms with Gasteiger partial charge in [0.1, 0.15) is 0 Å². The third-order valence-electron chi connectivity index (χ3n) is 4.41. The van der Waals surface area contributed by atoms with Crippen molar-refractivity contribution in [2.75, 3.05) is 26.4 Å². The van der Waals surface area contributed by atoms with Crippen LogP contribution >= 0.6 is 0 Å². The molecule has 2 rings (SSSR count). The molecule has 112 valence electrons. The summed E-state index contributed by atoms with van der Waals surface area (Å²) in [5, 5.41) is 0. The Balaban J connectivity index is 1.91. The van der Waals surface area contributed by atoms with Crippen LogP contribution in [0.5, 0.6) is 0 Å². The van der Waals surface area contributed by atoms with E-state index in [2.05, 4.69) is 5.43 Å². The van der Waals surface area contributed by atoms with Gasteiger partial charge in [-0.25, -0.2) is 0 Å². The number of ether oxygens (including phenoxy) is 3. The maximum atomic E-state index is 6.08. The Kier molecular flexibility index (Phi) is 6.04. The molecule has 2 saturated heterocycles. The van der Waals surface area contributed by atoms with Crippen molar-refractivity contribution in [3.8, 4) is 0 Å². The predicted octanol–water partition coefficient (Wildman–Crippen LogP) is 1.36. The van der Waals surface area contributed by atoms with Gasteiger partial charge in [0.2, 0.25) is 0 Å². The number of rotatable bonds is 7. The molecule has 0 amide bonds. The van der Waals surface area contributed by atoms with E-state index in [1.165, 1.54) is 12.8 Å². The number of hydrogen-bond donors (Lipinski definition) is 2. The molecule has 2 aliphatic heterocycles. The third kappa shape index (κ3) is 3.89. The van der Waals surface area contributed by atoms with E-state index in [9.17, 15) is 0 Å². The van der Waals surface area contributed by atoms with Crippen molar-refractivity contribution < 1.29 is 14.2 Å². The highest BCUT2D eigenvalue weighted by atomic mass is 16.5. The summed E-state index contributed by atoms with van der Waals surface area (Å²) in [7, 11) is 0. The van der Waals surface area contributed by atoms with Gasteiger partial charge in [0.15, 0.2) is 0 Å². The lowest BCUT2D eigenvalue weighted by atomic mass is 9.83. The predicted molar refractivity (Wildman–Crippen MR) is 73.7 cm³/mol. The summed E-state index contributed by atoms with van der Waals surface area (Å²) in [6.45, 7) is 5.20. The molecule has 0 aromatic heterocycles. The van der Waals surface area contributed by atoms with Crippen molar-refractivity contribution in [2.45, 2.75) is 63.2 Å². The molecule has 2 aliphatic rings. The first kappa shape index (κ1) is 15.2. The monoisotopic (exact) mass is 272 g/mol. The highest BCUT2D eigenvalue weighted by Crippen LogP contribution is 2.32. The molecule has 0 saturated carbocycles. The number of hydrazine groups is 1. The van der Waals surface area contributed by atoms with E-state index < -0.39 is 0 Å². The Morgan fingerprint density at radius 1 is 1.37 bits per heavy atom. The van der Waals surface area contributed by atoms with Crippen LogP contribution in [0.4, 0.5) is 0 Å². The minimum atomic E-state index is -0.166. The molecule has 2 fully saturated rings. The molecule has 0 aromatic rings. The molecule has 0 aromatic carbocycles. The topological polar surface area (TPSA) is 65.7 Å². The van der Waals surface area contributed by atoms with E-state index in [0.717, 1.165) is 52.1 Å². The van der Waals surface area contributed by atoms with Crippen molar-refractivity contribution in [1.82, 2.24) is 5.43 Å². The fraction of sp³-hybridized carbons (Fsp3) is 1.00. The van der Waals surface area contributed by atoms with E-state index in [-0.39, 0.29) is 11.6 Å². The minimum Gasteiger partial charge on any atom is -0.381 e. The molecule has 5 heteroatoms. The maximum absolute atomic E-state index is 6.08. The van der Waals surface area contributed by atoms with Crippen LogP contribution in [0.2, 0.25) is 0 Å². The second-order valence-corrected chi connectivity index (χ2v) is 5.54. The lowest BCUT2D eigenvalue weighted by Crippen LogP contribution is -2.57. The van der Waals surface area contributed by atoms with Crippen molar-refractivity contribution >= 4 is 0 Å². The minimum absolute atomic E-state index is 0.166. The summed E-state index contributed by atoms with van der Waals surface area (Å²) >= 11 is 0. The zero-order valence-electron chi connectivity index (χ0n) is 12.0. The number of hydrogen-bond acceptors (Lipinski definition) is 5. The van der Waals surface area contributed by atoms with Gasteiger partial charge in [0.05, 0.1) is 17.7 Å². The average Bonchev–Trinajstić information content (AvgIpc) is 2.94. The maximum Gasteiger partial charge on any atom is 0.0891 e. The first-order valence-corrected chi connectivity index (χ1v) is 7.60. The van der Waals surface area contributed by atoms with Crippen molar-refractivity contribution in [2.24, 2.45) is 5.84 Å². The number of nitrogens with one attached hydrogen (secondary N) is 1. The summed E-state index contributed by atoms with van der Waals surface area (Å²) in [6, 6.07) is 0.181. The quantitative estimate of drug-likeness (QED) is 0.541. The Labute approximate surface area is 116 Å². The number of nitrogens with two attached hydrogens (primary N) is 1. The molecule has 0 radical (unpaired) electrons. The van der Waals surface area contributed by atoms with Crippen LogP contribution in [0.15, 0.2) is 0 Å². The molecule has 19 heavy (non-hydrogen) atoms. The van der Waals surface area contributed by atoms with Crippen LogP contribution in [-0.4, -0.2) is 44.2 Å². The van der Waals surface area contributed by atoms with Gasteiger partial charge >= 0.3 is 0 Å². The highest BCUT2D eigenvalue weighted by molar-refractivity contribution is 4.94. The standard InChI is InChI=1S/C14H28N2O3/c1-2-19-14(7-10-17-11-8-14)13(16-15)6-5-12-4-3-9-18-12/h12-13,16H,2-11,15H2,1H3. The van der Waals surface area contributed by atoms with Gasteiger partial charge in [-0.1, -0.05) is 0 Å². The van der Waals surface area contributed by atoms with E-state index >= 15 is 0 Å². The largest absolute Gasteiger partial charge is 0.381 e. The summed E-state index contributed by atoms with van der Waals surface area (Å²) in [5.74, 6) is 5.79. The fourth-order valence-electron chi connectivity index (χ4n) is 3.32. The normalized spacial score (nSPS) is 28.4. The second kappa shape index (κ2) is 7.55. The molecule has 5 nitrogen and oxygen atoms in total. The fourth-order valence-corrected chi connectivity index (χ4v) is 3.32. The van der Waals surface area contributed by atoms with Gasteiger partial charge in [-0.3, -0.25) is 11.3 Å². The second-order valence-electron chi connectivity index (χ2n) is 5.54.